The van der Waals surface area contributed by atoms with E-state index in [1.165, 1.54) is 12.1 Å². The number of methoxy groups -OCH3 is 1. The number of nitrogens with one attached hydrogen (secondary N) is 2. The average molecular weight is 923 g/mol. The number of carbonyl (C=O) groups excluding carboxylic acids is 5. The van der Waals surface area contributed by atoms with Crippen molar-refractivity contribution in [3.8, 4) is 22.4 Å². The zero-order valence-electron chi connectivity index (χ0n) is 39.9. The van der Waals surface area contributed by atoms with E-state index in [4.69, 9.17) is 14.5 Å². The van der Waals surface area contributed by atoms with Crippen LogP contribution in [0.25, 0.3) is 33.3 Å². The van der Waals surface area contributed by atoms with Gasteiger partial charge in [-0.3, -0.25) is 34.0 Å². The first-order valence-electron chi connectivity index (χ1n) is 23.4. The molecule has 1 aliphatic carbocycles. The molecule has 0 spiro atoms. The second kappa shape index (κ2) is 19.8. The van der Waals surface area contributed by atoms with Gasteiger partial charge in [-0.15, -0.1) is 0 Å². The third-order valence-corrected chi connectivity index (χ3v) is 13.7. The highest BCUT2D eigenvalue weighted by atomic mass is 19.3. The van der Waals surface area contributed by atoms with Crippen molar-refractivity contribution in [2.45, 2.75) is 117 Å². The van der Waals surface area contributed by atoms with Crippen LogP contribution < -0.4 is 10.7 Å². The molecule has 0 radical (unpaired) electrons. The van der Waals surface area contributed by atoms with Crippen LogP contribution in [0.15, 0.2) is 73.4 Å². The number of cyclic esters (lactones) is 1. The molecule has 2 aromatic carbocycles. The number of likely N-dealkylation sites (N-methyl/N-ethyl adjacent to an activating group) is 1. The zero-order chi connectivity index (χ0) is 48.5. The lowest BCUT2D eigenvalue weighted by atomic mass is 9.84. The number of hydrogen-bond acceptors (Lipinski definition) is 9. The molecule has 6 bridgehead atoms. The van der Waals surface area contributed by atoms with Crippen LogP contribution in [0.5, 0.6) is 0 Å². The van der Waals surface area contributed by atoms with Gasteiger partial charge in [-0.05, 0) is 98.0 Å². The molecule has 2 aliphatic heterocycles. The minimum Gasteiger partial charge on any atom is -0.464 e. The van der Waals surface area contributed by atoms with Crippen LogP contribution in [-0.2, 0) is 52.8 Å². The second-order valence-electron chi connectivity index (χ2n) is 19.5. The summed E-state index contributed by atoms with van der Waals surface area (Å²) < 4.78 is 44.9. The van der Waals surface area contributed by atoms with Gasteiger partial charge in [-0.25, -0.2) is 14.2 Å². The molecule has 2 N–H and O–H groups in total. The zero-order valence-corrected chi connectivity index (χ0v) is 39.9. The molecule has 1 saturated heterocycles. The van der Waals surface area contributed by atoms with Crippen LogP contribution in [0.3, 0.4) is 0 Å². The lowest BCUT2D eigenvalue weighted by Gasteiger charge is -2.37. The first-order valence-corrected chi connectivity index (χ1v) is 23.4. The monoisotopic (exact) mass is 922 g/mol. The van der Waals surface area contributed by atoms with Gasteiger partial charge in [0.15, 0.2) is 5.78 Å². The summed E-state index contributed by atoms with van der Waals surface area (Å²) in [5.41, 5.74) is 9.95. The van der Waals surface area contributed by atoms with Crippen LogP contribution in [0.1, 0.15) is 90.2 Å². The average Bonchev–Trinajstić information content (AvgIpc) is 3.80. The van der Waals surface area contributed by atoms with Gasteiger partial charge in [0.2, 0.25) is 11.8 Å². The van der Waals surface area contributed by atoms with E-state index in [-0.39, 0.29) is 32.1 Å². The number of alkyl halides is 2. The Morgan fingerprint density at radius 2 is 1.84 bits per heavy atom. The Kier molecular flexibility index (Phi) is 14.5. The summed E-state index contributed by atoms with van der Waals surface area (Å²) in [6.07, 6.45) is 2.80. The lowest BCUT2D eigenvalue weighted by Crippen LogP contribution is -2.62. The van der Waals surface area contributed by atoms with Crippen molar-refractivity contribution in [2.24, 2.45) is 23.2 Å². The van der Waals surface area contributed by atoms with E-state index in [0.717, 1.165) is 61.1 Å². The Balaban J connectivity index is 1.29. The molecule has 4 aromatic rings. The quantitative estimate of drug-likeness (QED) is 0.114. The molecule has 358 valence electrons. The van der Waals surface area contributed by atoms with Crippen molar-refractivity contribution >= 4 is 40.4 Å². The predicted molar refractivity (Wildman–Crippen MR) is 251 cm³/mol. The molecule has 2 aromatic heterocycles. The molecule has 13 nitrogen and oxygen atoms in total. The molecule has 3 aliphatic rings. The number of pyridine rings is 1. The van der Waals surface area contributed by atoms with Gasteiger partial charge in [0.1, 0.15) is 24.0 Å². The SMILES string of the molecule is C=CC(=O)C1C[C@@H](C(=O)N(C)[C@H](C(=O)N[C@H]2Cc3cccc(c3)-c3ccc4c(c3)c(c(-c3cccnc3[C@H](C)OC)n4CC)CC(C)(C)COC(=O)[C@@H]3CCCN(N3)C2=O)C(C)C)C(F)(F)C1. The first kappa shape index (κ1) is 49.1. The van der Waals surface area contributed by atoms with Crippen LogP contribution in [0.2, 0.25) is 0 Å². The van der Waals surface area contributed by atoms with E-state index in [0.29, 0.717) is 25.8 Å². The number of fused-ring (bicyclic) bond motifs is 6. The number of allylic oxidation sites excluding steroid dienone is 1. The molecule has 2 fully saturated rings. The lowest BCUT2D eigenvalue weighted by molar-refractivity contribution is -0.155. The first-order chi connectivity index (χ1) is 31.8. The van der Waals surface area contributed by atoms with Crippen LogP contribution in [0.4, 0.5) is 8.78 Å². The van der Waals surface area contributed by atoms with Crippen molar-refractivity contribution in [2.75, 3.05) is 27.3 Å². The van der Waals surface area contributed by atoms with Gasteiger partial charge in [-0.2, -0.15) is 0 Å². The maximum atomic E-state index is 15.4. The number of aryl methyl sites for hydroxylation is 1. The van der Waals surface area contributed by atoms with Crippen molar-refractivity contribution in [1.29, 1.82) is 0 Å². The van der Waals surface area contributed by atoms with E-state index < -0.39 is 83.1 Å². The summed E-state index contributed by atoms with van der Waals surface area (Å²) in [7, 11) is 2.97. The fraction of sp³-hybridized carbons (Fsp3) is 0.500. The van der Waals surface area contributed by atoms with E-state index in [1.807, 2.05) is 37.3 Å². The highest BCUT2D eigenvalue weighted by molar-refractivity contribution is 5.97. The number of hydrogen-bond donors (Lipinski definition) is 2. The van der Waals surface area contributed by atoms with Crippen LogP contribution in [0, 0.1) is 23.2 Å². The van der Waals surface area contributed by atoms with Gasteiger partial charge in [0, 0.05) is 74.1 Å². The molecular weight excluding hydrogens is 859 g/mol. The molecule has 7 rings (SSSR count). The molecule has 1 unspecified atom stereocenters. The number of ketones is 1. The largest absolute Gasteiger partial charge is 0.464 e. The topological polar surface area (TPSA) is 152 Å². The molecule has 67 heavy (non-hydrogen) atoms. The smallest absolute Gasteiger partial charge is 0.324 e. The fourth-order valence-corrected chi connectivity index (χ4v) is 10.2. The Hall–Kier alpha value is -5.80. The fourth-order valence-electron chi connectivity index (χ4n) is 10.2. The maximum absolute atomic E-state index is 15.4. The van der Waals surface area contributed by atoms with Crippen molar-refractivity contribution in [3.63, 3.8) is 0 Å². The van der Waals surface area contributed by atoms with Crippen molar-refractivity contribution < 1.29 is 42.2 Å². The third kappa shape index (κ3) is 10.1. The molecular formula is C52H64F2N6O7. The van der Waals surface area contributed by atoms with E-state index >= 15 is 8.78 Å². The van der Waals surface area contributed by atoms with Crippen molar-refractivity contribution in [1.82, 2.24) is 30.2 Å². The van der Waals surface area contributed by atoms with Gasteiger partial charge in [0.05, 0.1) is 24.1 Å². The molecule has 6 atom stereocenters. The van der Waals surface area contributed by atoms with Gasteiger partial charge >= 0.3 is 5.97 Å². The Morgan fingerprint density at radius 3 is 2.54 bits per heavy atom. The summed E-state index contributed by atoms with van der Waals surface area (Å²) in [5.74, 6) is -10.1. The number of carbonyl (C=O) groups is 5. The molecule has 4 heterocycles. The Morgan fingerprint density at radius 1 is 1.09 bits per heavy atom. The van der Waals surface area contributed by atoms with Crippen LogP contribution in [-0.4, -0.2) is 100 Å². The maximum Gasteiger partial charge on any atom is 0.324 e. The van der Waals surface area contributed by atoms with Gasteiger partial charge in [-0.1, -0.05) is 64.6 Å². The Bertz CT molecular complexity index is 2550. The number of amides is 3. The highest BCUT2D eigenvalue weighted by Crippen LogP contribution is 2.46. The number of ether oxygens (including phenoxy) is 2. The summed E-state index contributed by atoms with van der Waals surface area (Å²) in [5, 5.41) is 5.28. The predicted octanol–water partition coefficient (Wildman–Crippen LogP) is 7.65. The van der Waals surface area contributed by atoms with E-state index in [1.54, 1.807) is 27.2 Å². The molecule has 15 heteroatoms. The number of hydrazine groups is 1. The molecule has 1 saturated carbocycles. The van der Waals surface area contributed by atoms with Gasteiger partial charge in [0.25, 0.3) is 11.8 Å². The number of rotatable bonds is 11. The number of esters is 1. The van der Waals surface area contributed by atoms with Crippen molar-refractivity contribution in [3.05, 3.63) is 90.3 Å². The number of halogens is 2. The summed E-state index contributed by atoms with van der Waals surface area (Å²) in [6, 6.07) is 14.8. The Labute approximate surface area is 391 Å². The van der Waals surface area contributed by atoms with Crippen LogP contribution >= 0.6 is 0 Å². The summed E-state index contributed by atoms with van der Waals surface area (Å²) in [4.78, 5) is 75.1. The molecule has 3 amide bonds. The van der Waals surface area contributed by atoms with E-state index in [2.05, 4.69) is 66.9 Å². The standard InChI is InChI=1S/C52H64F2N6O7/c1-10-43(61)35-26-39(52(53,54)27-35)48(63)58(8)45(30(3)4)47(62)56-41-24-32-15-12-16-33(23-32)34-19-20-42-37(25-34)38(46(59(42)11-2)36-17-13-21-55-44(36)31(5)66-9)28-51(6,7)29-67-50(65)40-18-14-22-60(57-40)49(41)64/h10,12-13,15-17,19-21,23,25,30-31,35,39-41,45,57H,1,11,14,18,22,24,26-29H2,2-9H3,(H,56,62)/t31-,35?,39-,40-,41-,45-/m0/s1. The van der Waals surface area contributed by atoms with Gasteiger partial charge < -0.3 is 24.3 Å². The number of benzene rings is 2. The summed E-state index contributed by atoms with van der Waals surface area (Å²) in [6.45, 7) is 16.0. The van der Waals surface area contributed by atoms with E-state index in [9.17, 15) is 24.0 Å². The summed E-state index contributed by atoms with van der Waals surface area (Å²) >= 11 is 0. The minimum absolute atomic E-state index is 0.0275. The third-order valence-electron chi connectivity index (χ3n) is 13.7. The second-order valence-corrected chi connectivity index (χ2v) is 19.5. The number of nitrogens with zero attached hydrogens (tertiary/aromatic N) is 4. The minimum atomic E-state index is -3.47. The normalized spacial score (nSPS) is 22.7. The highest BCUT2D eigenvalue weighted by Gasteiger charge is 2.55. The number of aromatic nitrogens is 2.